The van der Waals surface area contributed by atoms with Crippen LogP contribution in [0.3, 0.4) is 0 Å². The lowest BCUT2D eigenvalue weighted by atomic mass is 10.0. The monoisotopic (exact) mass is 348 g/mol. The molecule has 1 saturated heterocycles. The molecule has 2 aromatic carbocycles. The molecule has 3 rings (SSSR count). The molecule has 0 atom stereocenters. The van der Waals surface area contributed by atoms with Gasteiger partial charge in [0.15, 0.2) is 0 Å². The van der Waals surface area contributed by atoms with Gasteiger partial charge in [0.2, 0.25) is 0 Å². The molecular formula is C23H28N2O. The summed E-state index contributed by atoms with van der Waals surface area (Å²) in [6.45, 7) is 8.71. The van der Waals surface area contributed by atoms with Crippen molar-refractivity contribution in [2.45, 2.75) is 19.8 Å². The Labute approximate surface area is 156 Å². The first-order valence-electron chi connectivity index (χ1n) is 9.46. The first-order chi connectivity index (χ1) is 12.6. The number of nitrogens with zero attached hydrogens (tertiary/aromatic N) is 2. The molecule has 0 N–H and O–H groups in total. The fourth-order valence-corrected chi connectivity index (χ4v) is 3.23. The van der Waals surface area contributed by atoms with E-state index in [-0.39, 0.29) is 5.91 Å². The molecule has 136 valence electrons. The highest BCUT2D eigenvalue weighted by atomic mass is 16.2. The van der Waals surface area contributed by atoms with Gasteiger partial charge in [0.1, 0.15) is 0 Å². The predicted molar refractivity (Wildman–Crippen MR) is 108 cm³/mol. The van der Waals surface area contributed by atoms with Crippen molar-refractivity contribution in [2.75, 3.05) is 32.7 Å². The van der Waals surface area contributed by atoms with E-state index in [2.05, 4.69) is 67.3 Å². The van der Waals surface area contributed by atoms with Crippen molar-refractivity contribution >= 4 is 12.0 Å². The van der Waals surface area contributed by atoms with Crippen molar-refractivity contribution < 1.29 is 4.79 Å². The lowest BCUT2D eigenvalue weighted by molar-refractivity contribution is 0.0650. The highest BCUT2D eigenvalue weighted by Gasteiger charge is 2.21. The maximum absolute atomic E-state index is 12.7. The van der Waals surface area contributed by atoms with Crippen LogP contribution in [0.2, 0.25) is 0 Å². The van der Waals surface area contributed by atoms with Gasteiger partial charge in [-0.25, -0.2) is 0 Å². The van der Waals surface area contributed by atoms with E-state index in [1.54, 1.807) is 0 Å². The van der Waals surface area contributed by atoms with Crippen molar-refractivity contribution in [3.63, 3.8) is 0 Å². The Morgan fingerprint density at radius 3 is 2.23 bits per heavy atom. The average Bonchev–Trinajstić information content (AvgIpc) is 2.69. The Hall–Kier alpha value is -2.39. The van der Waals surface area contributed by atoms with Crippen LogP contribution in [0.5, 0.6) is 0 Å². The Balaban J connectivity index is 1.48. The summed E-state index contributed by atoms with van der Waals surface area (Å²) in [7, 11) is 0. The Kier molecular flexibility index (Phi) is 6.24. The topological polar surface area (TPSA) is 23.6 Å². The third kappa shape index (κ3) is 4.83. The van der Waals surface area contributed by atoms with Crippen LogP contribution in [0.25, 0.3) is 6.08 Å². The maximum atomic E-state index is 12.7. The van der Waals surface area contributed by atoms with Crippen LogP contribution in [0.15, 0.2) is 60.7 Å². The molecule has 0 radical (unpaired) electrons. The van der Waals surface area contributed by atoms with E-state index in [4.69, 9.17) is 0 Å². The van der Waals surface area contributed by atoms with Crippen molar-refractivity contribution in [2.24, 2.45) is 0 Å². The van der Waals surface area contributed by atoms with Gasteiger partial charge < -0.3 is 4.90 Å². The molecule has 1 fully saturated rings. The van der Waals surface area contributed by atoms with E-state index in [9.17, 15) is 4.79 Å². The standard InChI is InChI=1S/C23H28N2O/c1-19(2)21-10-12-22(13-11-21)23(26)25-17-15-24(16-18-25)14-6-9-20-7-4-3-5-8-20/h3-13,19H,14-18H2,1-2H3. The van der Waals surface area contributed by atoms with Crippen LogP contribution < -0.4 is 0 Å². The molecule has 1 aliphatic heterocycles. The van der Waals surface area contributed by atoms with Gasteiger partial charge in [-0.1, -0.05) is 68.5 Å². The molecule has 3 heteroatoms. The summed E-state index contributed by atoms with van der Waals surface area (Å²) in [4.78, 5) is 17.0. The van der Waals surface area contributed by atoms with Gasteiger partial charge in [0, 0.05) is 38.3 Å². The summed E-state index contributed by atoms with van der Waals surface area (Å²) in [6, 6.07) is 18.4. The van der Waals surface area contributed by atoms with Gasteiger partial charge in [-0.15, -0.1) is 0 Å². The average molecular weight is 348 g/mol. The van der Waals surface area contributed by atoms with E-state index in [1.165, 1.54) is 11.1 Å². The number of hydrogen-bond donors (Lipinski definition) is 0. The van der Waals surface area contributed by atoms with Crippen LogP contribution in [0.4, 0.5) is 0 Å². The van der Waals surface area contributed by atoms with Crippen LogP contribution in [0, 0.1) is 0 Å². The highest BCUT2D eigenvalue weighted by Crippen LogP contribution is 2.16. The minimum absolute atomic E-state index is 0.153. The van der Waals surface area contributed by atoms with E-state index in [0.717, 1.165) is 38.3 Å². The molecule has 0 aliphatic carbocycles. The summed E-state index contributed by atoms with van der Waals surface area (Å²) in [5.74, 6) is 0.645. The lowest BCUT2D eigenvalue weighted by Gasteiger charge is -2.34. The van der Waals surface area contributed by atoms with Crippen molar-refractivity contribution in [1.82, 2.24) is 9.80 Å². The maximum Gasteiger partial charge on any atom is 0.253 e. The minimum Gasteiger partial charge on any atom is -0.336 e. The zero-order valence-electron chi connectivity index (χ0n) is 15.8. The largest absolute Gasteiger partial charge is 0.336 e. The quantitative estimate of drug-likeness (QED) is 0.805. The SMILES string of the molecule is CC(C)c1ccc(C(=O)N2CCN(CC=Cc3ccccc3)CC2)cc1. The molecule has 1 heterocycles. The van der Waals surface area contributed by atoms with Gasteiger partial charge in [-0.2, -0.15) is 0 Å². The van der Waals surface area contributed by atoms with E-state index in [0.29, 0.717) is 5.92 Å². The van der Waals surface area contributed by atoms with Gasteiger partial charge in [-0.05, 0) is 29.2 Å². The van der Waals surface area contributed by atoms with Crippen molar-refractivity contribution in [3.8, 4) is 0 Å². The second kappa shape index (κ2) is 8.81. The molecular weight excluding hydrogens is 320 g/mol. The van der Waals surface area contributed by atoms with Crippen LogP contribution in [-0.2, 0) is 0 Å². The van der Waals surface area contributed by atoms with Crippen molar-refractivity contribution in [1.29, 1.82) is 0 Å². The summed E-state index contributed by atoms with van der Waals surface area (Å²) in [6.07, 6.45) is 4.37. The first-order valence-corrected chi connectivity index (χ1v) is 9.46. The van der Waals surface area contributed by atoms with Crippen molar-refractivity contribution in [3.05, 3.63) is 77.4 Å². The number of piperazine rings is 1. The molecule has 0 bridgehead atoms. The molecule has 0 saturated carbocycles. The Morgan fingerprint density at radius 1 is 0.962 bits per heavy atom. The summed E-state index contributed by atoms with van der Waals surface area (Å²) in [5.41, 5.74) is 3.30. The second-order valence-corrected chi connectivity index (χ2v) is 7.18. The number of carbonyl (C=O) groups is 1. The van der Waals surface area contributed by atoms with E-state index in [1.807, 2.05) is 23.1 Å². The molecule has 1 amide bonds. The fourth-order valence-electron chi connectivity index (χ4n) is 3.23. The Morgan fingerprint density at radius 2 is 1.62 bits per heavy atom. The first kappa shape index (κ1) is 18.4. The van der Waals surface area contributed by atoms with E-state index < -0.39 is 0 Å². The molecule has 0 spiro atoms. The third-order valence-electron chi connectivity index (χ3n) is 4.96. The second-order valence-electron chi connectivity index (χ2n) is 7.18. The lowest BCUT2D eigenvalue weighted by Crippen LogP contribution is -2.48. The summed E-state index contributed by atoms with van der Waals surface area (Å²) < 4.78 is 0. The molecule has 3 nitrogen and oxygen atoms in total. The molecule has 1 aliphatic rings. The van der Waals surface area contributed by atoms with Gasteiger partial charge in [0.25, 0.3) is 5.91 Å². The molecule has 0 aromatic heterocycles. The molecule has 2 aromatic rings. The van der Waals surface area contributed by atoms with Gasteiger partial charge in [-0.3, -0.25) is 9.69 Å². The number of amides is 1. The number of benzene rings is 2. The minimum atomic E-state index is 0.153. The number of rotatable bonds is 5. The molecule has 26 heavy (non-hydrogen) atoms. The van der Waals surface area contributed by atoms with Crippen LogP contribution in [0.1, 0.15) is 41.3 Å². The van der Waals surface area contributed by atoms with Gasteiger partial charge in [0.05, 0.1) is 0 Å². The zero-order valence-corrected chi connectivity index (χ0v) is 15.8. The zero-order chi connectivity index (χ0) is 18.4. The van der Waals surface area contributed by atoms with Crippen LogP contribution in [-0.4, -0.2) is 48.4 Å². The van der Waals surface area contributed by atoms with Crippen LogP contribution >= 0.6 is 0 Å². The normalized spacial score (nSPS) is 15.7. The number of hydrogen-bond acceptors (Lipinski definition) is 2. The summed E-state index contributed by atoms with van der Waals surface area (Å²) in [5, 5.41) is 0. The smallest absolute Gasteiger partial charge is 0.253 e. The predicted octanol–water partition coefficient (Wildman–Crippen LogP) is 4.28. The van der Waals surface area contributed by atoms with Gasteiger partial charge >= 0.3 is 0 Å². The third-order valence-corrected chi connectivity index (χ3v) is 4.96. The summed E-state index contributed by atoms with van der Waals surface area (Å²) >= 11 is 0. The number of carbonyl (C=O) groups excluding carboxylic acids is 1. The highest BCUT2D eigenvalue weighted by molar-refractivity contribution is 5.94. The molecule has 0 unspecified atom stereocenters. The Bertz CT molecular complexity index is 727. The van der Waals surface area contributed by atoms with E-state index >= 15 is 0 Å². The fraction of sp³-hybridized carbons (Fsp3) is 0.348.